The van der Waals surface area contributed by atoms with Gasteiger partial charge in [-0.05, 0) is 36.2 Å². The van der Waals surface area contributed by atoms with E-state index in [0.717, 1.165) is 12.0 Å². The monoisotopic (exact) mass is 371 g/mol. The van der Waals surface area contributed by atoms with Crippen molar-refractivity contribution in [2.24, 2.45) is 0 Å². The lowest BCUT2D eigenvalue weighted by Gasteiger charge is -2.26. The Labute approximate surface area is 159 Å². The number of rotatable bonds is 7. The summed E-state index contributed by atoms with van der Waals surface area (Å²) in [6.45, 7) is 3.13. The molecule has 1 fully saturated rings. The number of amides is 1. The van der Waals surface area contributed by atoms with Gasteiger partial charge < -0.3 is 24.4 Å². The fraction of sp³-hybridized carbons (Fsp3) is 0.400. The molecular weight excluding hydrogens is 346 g/mol. The normalized spacial score (nSPS) is 13.9. The molecule has 1 saturated heterocycles. The number of nitrogens with one attached hydrogen (secondary N) is 1. The van der Waals surface area contributed by atoms with Crippen molar-refractivity contribution >= 4 is 11.7 Å². The second kappa shape index (κ2) is 9.23. The molecule has 2 aromatic rings. The SMILES string of the molecule is COc1ccc(CCNc2cc(C(=O)N3CCOCC3)ccn2)cc1OC. The number of nitrogens with zero attached hydrogens (tertiary/aromatic N) is 2. The topological polar surface area (TPSA) is 72.9 Å². The molecule has 0 atom stereocenters. The molecule has 0 spiro atoms. The lowest BCUT2D eigenvalue weighted by atomic mass is 10.1. The van der Waals surface area contributed by atoms with Crippen molar-refractivity contribution in [3.8, 4) is 11.5 Å². The Hall–Kier alpha value is -2.80. The van der Waals surface area contributed by atoms with Gasteiger partial charge in [0.2, 0.25) is 0 Å². The highest BCUT2D eigenvalue weighted by Crippen LogP contribution is 2.27. The third kappa shape index (κ3) is 4.89. The van der Waals surface area contributed by atoms with Crippen molar-refractivity contribution < 1.29 is 19.0 Å². The molecule has 27 heavy (non-hydrogen) atoms. The predicted octanol–water partition coefficient (Wildman–Crippen LogP) is 2.23. The van der Waals surface area contributed by atoms with Gasteiger partial charge >= 0.3 is 0 Å². The van der Waals surface area contributed by atoms with Crippen molar-refractivity contribution in [1.82, 2.24) is 9.88 Å². The highest BCUT2D eigenvalue weighted by molar-refractivity contribution is 5.94. The van der Waals surface area contributed by atoms with Gasteiger partial charge in [0.25, 0.3) is 5.91 Å². The summed E-state index contributed by atoms with van der Waals surface area (Å²) in [4.78, 5) is 18.7. The summed E-state index contributed by atoms with van der Waals surface area (Å²) in [5.41, 5.74) is 1.77. The van der Waals surface area contributed by atoms with Gasteiger partial charge in [-0.2, -0.15) is 0 Å². The summed E-state index contributed by atoms with van der Waals surface area (Å²) >= 11 is 0. The largest absolute Gasteiger partial charge is 0.493 e. The van der Waals surface area contributed by atoms with Gasteiger partial charge in [-0.25, -0.2) is 4.98 Å². The highest BCUT2D eigenvalue weighted by Gasteiger charge is 2.18. The molecule has 0 radical (unpaired) electrons. The number of carbonyl (C=O) groups excluding carboxylic acids is 1. The third-order valence-corrected chi connectivity index (χ3v) is 4.47. The fourth-order valence-corrected chi connectivity index (χ4v) is 2.98. The first-order chi connectivity index (χ1) is 13.2. The quantitative estimate of drug-likeness (QED) is 0.805. The Morgan fingerprint density at radius 3 is 2.67 bits per heavy atom. The molecule has 7 nitrogen and oxygen atoms in total. The second-order valence-electron chi connectivity index (χ2n) is 6.20. The molecule has 1 aliphatic rings. The van der Waals surface area contributed by atoms with Crippen molar-refractivity contribution in [1.29, 1.82) is 0 Å². The molecule has 2 heterocycles. The van der Waals surface area contributed by atoms with E-state index in [9.17, 15) is 4.79 Å². The van der Waals surface area contributed by atoms with Crippen LogP contribution in [0.3, 0.4) is 0 Å². The molecule has 0 aliphatic carbocycles. The van der Waals surface area contributed by atoms with Crippen LogP contribution in [-0.2, 0) is 11.2 Å². The summed E-state index contributed by atoms with van der Waals surface area (Å²) in [6.07, 6.45) is 2.45. The van der Waals surface area contributed by atoms with E-state index in [4.69, 9.17) is 14.2 Å². The van der Waals surface area contributed by atoms with E-state index in [-0.39, 0.29) is 5.91 Å². The molecule has 1 aromatic heterocycles. The van der Waals surface area contributed by atoms with Crippen LogP contribution in [0.25, 0.3) is 0 Å². The van der Waals surface area contributed by atoms with Crippen LogP contribution < -0.4 is 14.8 Å². The van der Waals surface area contributed by atoms with Crippen molar-refractivity contribution in [3.05, 3.63) is 47.7 Å². The van der Waals surface area contributed by atoms with Crippen LogP contribution >= 0.6 is 0 Å². The van der Waals surface area contributed by atoms with Crippen LogP contribution in [0, 0.1) is 0 Å². The summed E-state index contributed by atoms with van der Waals surface area (Å²) in [7, 11) is 3.25. The van der Waals surface area contributed by atoms with Crippen molar-refractivity contribution in [3.63, 3.8) is 0 Å². The Balaban J connectivity index is 1.58. The molecule has 0 saturated carbocycles. The van der Waals surface area contributed by atoms with Crippen LogP contribution in [0.4, 0.5) is 5.82 Å². The van der Waals surface area contributed by atoms with Gasteiger partial charge in [0, 0.05) is 31.4 Å². The molecule has 0 bridgehead atoms. The van der Waals surface area contributed by atoms with Crippen LogP contribution in [0.1, 0.15) is 15.9 Å². The Morgan fingerprint density at radius 2 is 1.93 bits per heavy atom. The number of anilines is 1. The van der Waals surface area contributed by atoms with E-state index >= 15 is 0 Å². The smallest absolute Gasteiger partial charge is 0.254 e. The van der Waals surface area contributed by atoms with Gasteiger partial charge in [-0.1, -0.05) is 6.07 Å². The van der Waals surface area contributed by atoms with Crippen LogP contribution in [0.15, 0.2) is 36.5 Å². The van der Waals surface area contributed by atoms with Gasteiger partial charge in [0.05, 0.1) is 27.4 Å². The van der Waals surface area contributed by atoms with Crippen LogP contribution in [-0.4, -0.2) is 62.9 Å². The van der Waals surface area contributed by atoms with E-state index < -0.39 is 0 Å². The lowest BCUT2D eigenvalue weighted by Crippen LogP contribution is -2.40. The lowest BCUT2D eigenvalue weighted by molar-refractivity contribution is 0.0303. The second-order valence-corrected chi connectivity index (χ2v) is 6.20. The first-order valence-electron chi connectivity index (χ1n) is 8.99. The number of pyridine rings is 1. The number of aromatic nitrogens is 1. The minimum atomic E-state index is 0.0173. The Bertz CT molecular complexity index is 776. The summed E-state index contributed by atoms with van der Waals surface area (Å²) < 4.78 is 15.9. The predicted molar refractivity (Wildman–Crippen MR) is 103 cm³/mol. The summed E-state index contributed by atoms with van der Waals surface area (Å²) in [6, 6.07) is 9.42. The van der Waals surface area contributed by atoms with Crippen molar-refractivity contribution in [2.45, 2.75) is 6.42 Å². The van der Waals surface area contributed by atoms with E-state index in [1.165, 1.54) is 0 Å². The zero-order valence-corrected chi connectivity index (χ0v) is 15.7. The van der Waals surface area contributed by atoms with E-state index in [1.807, 2.05) is 23.1 Å². The Morgan fingerprint density at radius 1 is 1.15 bits per heavy atom. The maximum absolute atomic E-state index is 12.6. The number of hydrogen-bond donors (Lipinski definition) is 1. The minimum absolute atomic E-state index is 0.0173. The highest BCUT2D eigenvalue weighted by atomic mass is 16.5. The number of morpholine rings is 1. The van der Waals surface area contributed by atoms with E-state index in [2.05, 4.69) is 10.3 Å². The number of benzene rings is 1. The molecule has 1 aliphatic heterocycles. The molecule has 0 unspecified atom stereocenters. The van der Waals surface area contributed by atoms with Crippen LogP contribution in [0.2, 0.25) is 0 Å². The zero-order chi connectivity index (χ0) is 19.1. The Kier molecular flexibility index (Phi) is 6.49. The van der Waals surface area contributed by atoms with Gasteiger partial charge in [-0.15, -0.1) is 0 Å². The van der Waals surface area contributed by atoms with Gasteiger partial charge in [0.1, 0.15) is 5.82 Å². The minimum Gasteiger partial charge on any atom is -0.493 e. The van der Waals surface area contributed by atoms with E-state index in [0.29, 0.717) is 55.7 Å². The standard InChI is InChI=1S/C20H25N3O4/c1-25-17-4-3-15(13-18(17)26-2)5-7-21-19-14-16(6-8-22-19)20(24)23-9-11-27-12-10-23/h3-4,6,8,13-14H,5,7,9-12H2,1-2H3,(H,21,22). The average Bonchev–Trinajstić information content (AvgIpc) is 2.74. The number of methoxy groups -OCH3 is 2. The van der Waals surface area contributed by atoms with Crippen LogP contribution in [0.5, 0.6) is 11.5 Å². The molecule has 144 valence electrons. The summed E-state index contributed by atoms with van der Waals surface area (Å²) in [5.74, 6) is 2.13. The van der Waals surface area contributed by atoms with E-state index in [1.54, 1.807) is 32.5 Å². The summed E-state index contributed by atoms with van der Waals surface area (Å²) in [5, 5.41) is 3.28. The molecule has 1 amide bonds. The maximum Gasteiger partial charge on any atom is 0.254 e. The number of ether oxygens (including phenoxy) is 3. The average molecular weight is 371 g/mol. The first-order valence-corrected chi connectivity index (χ1v) is 8.99. The third-order valence-electron chi connectivity index (χ3n) is 4.47. The molecule has 1 aromatic carbocycles. The first kappa shape index (κ1) is 19.0. The number of carbonyl (C=O) groups is 1. The van der Waals surface area contributed by atoms with Crippen molar-refractivity contribution in [2.75, 3.05) is 52.4 Å². The van der Waals surface area contributed by atoms with Gasteiger partial charge in [-0.3, -0.25) is 4.79 Å². The maximum atomic E-state index is 12.6. The van der Waals surface area contributed by atoms with Gasteiger partial charge in [0.15, 0.2) is 11.5 Å². The fourth-order valence-electron chi connectivity index (χ4n) is 2.98. The zero-order valence-electron chi connectivity index (χ0n) is 15.7. The molecule has 7 heteroatoms. The molecule has 1 N–H and O–H groups in total. The molecule has 3 rings (SSSR count). The number of hydrogen-bond acceptors (Lipinski definition) is 6. The molecular formula is C20H25N3O4.